The minimum atomic E-state index is -4.49. The van der Waals surface area contributed by atoms with E-state index >= 15 is 0 Å². The summed E-state index contributed by atoms with van der Waals surface area (Å²) in [7, 11) is 1.49. The number of hydrogen-bond donors (Lipinski definition) is 2. The van der Waals surface area contributed by atoms with Gasteiger partial charge < -0.3 is 23.6 Å². The second-order valence-electron chi connectivity index (χ2n) is 11.5. The number of phosphoric ester groups is 1. The molecule has 0 rings (SSSR count). The Hall–Kier alpha value is 0.340. The summed E-state index contributed by atoms with van der Waals surface area (Å²) >= 11 is -0.835. The molecule has 0 radical (unpaired) electrons. The van der Waals surface area contributed by atoms with Crippen LogP contribution in [0.15, 0.2) is 0 Å². The quantitative estimate of drug-likeness (QED) is 0.0581. The van der Waals surface area contributed by atoms with E-state index in [1.54, 1.807) is 0 Å². The van der Waals surface area contributed by atoms with E-state index in [2.05, 4.69) is 13.8 Å². The predicted octanol–water partition coefficient (Wildman–Crippen LogP) is 6.44. The van der Waals surface area contributed by atoms with Crippen molar-refractivity contribution >= 4 is 19.0 Å². The Morgan fingerprint density at radius 3 is 1.75 bits per heavy atom. The van der Waals surface area contributed by atoms with Gasteiger partial charge in [-0.25, -0.2) is 4.57 Å². The molecule has 4 atom stereocenters. The van der Waals surface area contributed by atoms with Crippen molar-refractivity contribution in [1.82, 2.24) is 0 Å². The van der Waals surface area contributed by atoms with Gasteiger partial charge in [0.2, 0.25) is 0 Å². The highest BCUT2D eigenvalue weighted by atomic mass is 32.2. The molecule has 0 aliphatic carbocycles. The first-order valence-corrected chi connectivity index (χ1v) is 17.4. The summed E-state index contributed by atoms with van der Waals surface area (Å²) in [5.41, 5.74) is 0. The zero-order chi connectivity index (χ0) is 27.5. The van der Waals surface area contributed by atoms with E-state index in [0.29, 0.717) is 16.8 Å². The van der Waals surface area contributed by atoms with Crippen LogP contribution >= 0.6 is 7.82 Å². The number of ether oxygens (including phenoxy) is 1. The standard InChI is InChI=1S/C27H58NO6PS/c1-7-8-9-10-11-12-13-14-15-16-17-18-19-21-36(32)22-20-33-26(3)23-25(2)27(28(4,5)6)24-34-35(29,30)31/h25-27H,7-24H2,1-6H3,(H-,29,30,31)/p+1. The number of likely N-dealkylation sites (N-methyl/N-ethyl adjacent to an activating group) is 1. The maximum Gasteiger partial charge on any atom is 0.469 e. The van der Waals surface area contributed by atoms with Crippen LogP contribution in [0.4, 0.5) is 0 Å². The van der Waals surface area contributed by atoms with Gasteiger partial charge in [-0.15, -0.1) is 0 Å². The highest BCUT2D eigenvalue weighted by Crippen LogP contribution is 2.37. The normalized spacial score (nSPS) is 16.1. The van der Waals surface area contributed by atoms with Gasteiger partial charge in [0.05, 0.1) is 33.9 Å². The molecule has 0 spiro atoms. The molecule has 9 heteroatoms. The zero-order valence-corrected chi connectivity index (χ0v) is 26.0. The average molecular weight is 557 g/mol. The Bertz CT molecular complexity index is 557. The molecule has 4 unspecified atom stereocenters. The minimum absolute atomic E-state index is 0.00912. The monoisotopic (exact) mass is 556 g/mol. The summed E-state index contributed by atoms with van der Waals surface area (Å²) in [4.78, 5) is 18.1. The number of unbranched alkanes of at least 4 members (excludes halogenated alkanes) is 12. The fourth-order valence-corrected chi connectivity index (χ4v) is 6.16. The van der Waals surface area contributed by atoms with E-state index in [1.807, 2.05) is 28.1 Å². The van der Waals surface area contributed by atoms with Crippen molar-refractivity contribution in [2.75, 3.05) is 45.9 Å². The summed E-state index contributed by atoms with van der Waals surface area (Å²) < 4.78 is 34.7. The molecule has 0 aliphatic rings. The lowest BCUT2D eigenvalue weighted by molar-refractivity contribution is -0.900. The second-order valence-corrected chi connectivity index (χ2v) is 14.4. The van der Waals surface area contributed by atoms with E-state index in [-0.39, 0.29) is 24.7 Å². The molecular formula is C27H59NO6PS+. The zero-order valence-electron chi connectivity index (χ0n) is 24.3. The molecule has 2 N–H and O–H groups in total. The Kier molecular flexibility index (Phi) is 21.4. The summed E-state index contributed by atoms with van der Waals surface area (Å²) in [5, 5.41) is 0. The molecule has 218 valence electrons. The molecule has 0 aromatic heterocycles. The predicted molar refractivity (Wildman–Crippen MR) is 153 cm³/mol. The molecule has 0 heterocycles. The van der Waals surface area contributed by atoms with Gasteiger partial charge in [-0.3, -0.25) is 4.52 Å². The maximum atomic E-state index is 12.3. The van der Waals surface area contributed by atoms with Crippen LogP contribution in [-0.4, -0.2) is 76.8 Å². The lowest BCUT2D eigenvalue weighted by Gasteiger charge is -2.38. The van der Waals surface area contributed by atoms with Gasteiger partial charge in [-0.1, -0.05) is 95.7 Å². The van der Waals surface area contributed by atoms with Gasteiger partial charge in [-0.2, -0.15) is 0 Å². The largest absolute Gasteiger partial charge is 0.616 e. The summed E-state index contributed by atoms with van der Waals surface area (Å²) in [6.45, 7) is 6.80. The molecule has 0 bridgehead atoms. The molecule has 7 nitrogen and oxygen atoms in total. The number of nitrogens with zero attached hydrogens (tertiary/aromatic N) is 1. The Morgan fingerprint density at radius 2 is 1.31 bits per heavy atom. The van der Waals surface area contributed by atoms with Crippen molar-refractivity contribution in [3.8, 4) is 0 Å². The van der Waals surface area contributed by atoms with E-state index in [4.69, 9.17) is 19.0 Å². The summed E-state index contributed by atoms with van der Waals surface area (Å²) in [6, 6.07) is -0.0756. The first-order valence-electron chi connectivity index (χ1n) is 14.3. The number of hydrogen-bond acceptors (Lipinski definition) is 4. The lowest BCUT2D eigenvalue weighted by atomic mass is 9.94. The average Bonchev–Trinajstić information content (AvgIpc) is 2.75. The van der Waals surface area contributed by atoms with Gasteiger partial charge >= 0.3 is 7.82 Å². The molecule has 0 saturated carbocycles. The Labute approximate surface area is 226 Å². The van der Waals surface area contributed by atoms with Crippen LogP contribution in [0.2, 0.25) is 0 Å². The highest BCUT2D eigenvalue weighted by molar-refractivity contribution is 7.91. The third-order valence-corrected chi connectivity index (χ3v) is 8.81. The number of rotatable bonds is 25. The Balaban J connectivity index is 3.84. The fourth-order valence-electron chi connectivity index (χ4n) is 4.80. The van der Waals surface area contributed by atoms with Crippen LogP contribution in [0.1, 0.15) is 111 Å². The topological polar surface area (TPSA) is 99.0 Å². The molecular weight excluding hydrogens is 497 g/mol. The third-order valence-electron chi connectivity index (χ3n) is 6.96. The van der Waals surface area contributed by atoms with Crippen LogP contribution in [0.25, 0.3) is 0 Å². The smallest absolute Gasteiger partial charge is 0.469 e. The summed E-state index contributed by atoms with van der Waals surface area (Å²) in [5.74, 6) is 1.47. The first kappa shape index (κ1) is 36.3. The van der Waals surface area contributed by atoms with Crippen molar-refractivity contribution in [2.24, 2.45) is 5.92 Å². The first-order chi connectivity index (χ1) is 16.9. The molecule has 0 amide bonds. The number of quaternary nitrogens is 1. The van der Waals surface area contributed by atoms with Gasteiger partial charge in [0.25, 0.3) is 0 Å². The SMILES string of the molecule is CCCCCCCCCCCCCCC[S+]([O-])CCOC(C)CC(C)C(COP(=O)(O)O)[N+](C)(C)C. The molecule has 36 heavy (non-hydrogen) atoms. The van der Waals surface area contributed by atoms with Crippen LogP contribution in [0, 0.1) is 5.92 Å². The van der Waals surface area contributed by atoms with E-state index in [1.165, 1.54) is 77.0 Å². The highest BCUT2D eigenvalue weighted by Gasteiger charge is 2.33. The minimum Gasteiger partial charge on any atom is -0.616 e. The van der Waals surface area contributed by atoms with Crippen molar-refractivity contribution in [3.63, 3.8) is 0 Å². The van der Waals surface area contributed by atoms with E-state index in [9.17, 15) is 9.12 Å². The Morgan fingerprint density at radius 1 is 0.833 bits per heavy atom. The van der Waals surface area contributed by atoms with Gasteiger partial charge in [0.1, 0.15) is 24.2 Å². The fraction of sp³-hybridized carbons (Fsp3) is 1.00. The molecule has 0 fully saturated rings. The van der Waals surface area contributed by atoms with Crippen molar-refractivity contribution in [3.05, 3.63) is 0 Å². The molecule has 0 aromatic rings. The third kappa shape index (κ3) is 22.3. The molecule has 0 saturated heterocycles. The van der Waals surface area contributed by atoms with Crippen molar-refractivity contribution in [2.45, 2.75) is 123 Å². The molecule has 0 aliphatic heterocycles. The van der Waals surface area contributed by atoms with Crippen LogP contribution in [0.3, 0.4) is 0 Å². The molecule has 0 aromatic carbocycles. The second kappa shape index (κ2) is 21.2. The van der Waals surface area contributed by atoms with E-state index in [0.717, 1.165) is 18.6 Å². The van der Waals surface area contributed by atoms with Crippen LogP contribution in [-0.2, 0) is 25.0 Å². The van der Waals surface area contributed by atoms with Crippen molar-refractivity contribution < 1.29 is 32.6 Å². The van der Waals surface area contributed by atoms with Crippen LogP contribution in [0.5, 0.6) is 0 Å². The van der Waals surface area contributed by atoms with Gasteiger partial charge in [0.15, 0.2) is 0 Å². The van der Waals surface area contributed by atoms with E-state index < -0.39 is 19.0 Å². The van der Waals surface area contributed by atoms with Crippen molar-refractivity contribution in [1.29, 1.82) is 0 Å². The van der Waals surface area contributed by atoms with Crippen LogP contribution < -0.4 is 0 Å². The summed E-state index contributed by atoms with van der Waals surface area (Å²) in [6.07, 6.45) is 17.9. The van der Waals surface area contributed by atoms with Gasteiger partial charge in [0, 0.05) is 5.92 Å². The van der Waals surface area contributed by atoms with Gasteiger partial charge in [-0.05, 0) is 26.2 Å². The maximum absolute atomic E-state index is 12.3. The number of phosphoric acid groups is 1. The lowest BCUT2D eigenvalue weighted by Crippen LogP contribution is -2.51.